The van der Waals surface area contributed by atoms with Gasteiger partial charge in [-0.1, -0.05) is 115 Å². The van der Waals surface area contributed by atoms with E-state index in [2.05, 4.69) is 144 Å². The van der Waals surface area contributed by atoms with Gasteiger partial charge in [0.15, 0.2) is 0 Å². The van der Waals surface area contributed by atoms with Gasteiger partial charge in [-0.15, -0.1) is 0 Å². The van der Waals surface area contributed by atoms with Crippen LogP contribution in [0.3, 0.4) is 0 Å². The lowest BCUT2D eigenvalue weighted by Crippen LogP contribution is -1.95. The van der Waals surface area contributed by atoms with E-state index in [0.29, 0.717) is 0 Å². The maximum Gasteiger partial charge on any atom is 0.100 e. The van der Waals surface area contributed by atoms with Gasteiger partial charge in [0, 0.05) is 10.9 Å². The smallest absolute Gasteiger partial charge is 0.100 e. The molecule has 8 aromatic carbocycles. The molecule has 0 aliphatic rings. The lowest BCUT2D eigenvalue weighted by atomic mass is 9.87. The van der Waals surface area contributed by atoms with E-state index in [9.17, 15) is 0 Å². The zero-order chi connectivity index (χ0) is 26.9. The summed E-state index contributed by atoms with van der Waals surface area (Å²) in [4.78, 5) is 4.94. The number of aromatic nitrogens is 2. The van der Waals surface area contributed by atoms with Gasteiger partial charge in [0.2, 0.25) is 0 Å². The first-order valence-corrected chi connectivity index (χ1v) is 14.1. The van der Waals surface area contributed by atoms with Crippen LogP contribution in [0.1, 0.15) is 0 Å². The second-order valence-electron chi connectivity index (χ2n) is 10.8. The second-order valence-corrected chi connectivity index (χ2v) is 10.8. The van der Waals surface area contributed by atoms with Crippen molar-refractivity contribution in [1.82, 2.24) is 9.55 Å². The normalized spacial score (nSPS) is 11.9. The van der Waals surface area contributed by atoms with Crippen LogP contribution in [0.2, 0.25) is 0 Å². The van der Waals surface area contributed by atoms with Gasteiger partial charge in [-0.3, -0.25) is 4.57 Å². The Hall–Kier alpha value is -5.47. The Kier molecular flexibility index (Phi) is 4.64. The van der Waals surface area contributed by atoms with Gasteiger partial charge >= 0.3 is 0 Å². The predicted molar refractivity (Wildman–Crippen MR) is 173 cm³/mol. The molecule has 0 amide bonds. The van der Waals surface area contributed by atoms with E-state index >= 15 is 0 Å². The average molecular weight is 521 g/mol. The number of nitrogens with zero attached hydrogens (tertiary/aromatic N) is 2. The third-order valence-electron chi connectivity index (χ3n) is 8.60. The van der Waals surface area contributed by atoms with Crippen LogP contribution in [0, 0.1) is 0 Å². The van der Waals surface area contributed by atoms with Crippen LogP contribution in [0.5, 0.6) is 0 Å². The molecule has 9 aromatic rings. The van der Waals surface area contributed by atoms with E-state index in [4.69, 9.17) is 4.98 Å². The van der Waals surface area contributed by atoms with Crippen molar-refractivity contribution in [2.45, 2.75) is 0 Å². The summed E-state index contributed by atoms with van der Waals surface area (Å²) >= 11 is 0. The summed E-state index contributed by atoms with van der Waals surface area (Å²) in [5.41, 5.74) is 8.10. The zero-order valence-corrected chi connectivity index (χ0v) is 22.3. The number of imidazole rings is 1. The lowest BCUT2D eigenvalue weighted by molar-refractivity contribution is 1.11. The summed E-state index contributed by atoms with van der Waals surface area (Å²) in [5, 5.41) is 10.3. The Morgan fingerprint density at radius 1 is 0.439 bits per heavy atom. The topological polar surface area (TPSA) is 17.8 Å². The molecule has 41 heavy (non-hydrogen) atoms. The maximum absolute atomic E-state index is 4.94. The van der Waals surface area contributed by atoms with Gasteiger partial charge < -0.3 is 0 Å². The predicted octanol–water partition coefficient (Wildman–Crippen LogP) is 10.4. The molecular weight excluding hydrogens is 496 g/mol. The highest BCUT2D eigenvalue weighted by atomic mass is 15.0. The Morgan fingerprint density at radius 3 is 1.98 bits per heavy atom. The van der Waals surface area contributed by atoms with E-state index in [1.54, 1.807) is 0 Å². The molecule has 0 radical (unpaired) electrons. The van der Waals surface area contributed by atoms with Crippen LogP contribution >= 0.6 is 0 Å². The molecule has 2 nitrogen and oxygen atoms in total. The molecule has 9 rings (SSSR count). The molecule has 2 heteroatoms. The highest BCUT2D eigenvalue weighted by Crippen LogP contribution is 2.44. The number of benzene rings is 8. The summed E-state index contributed by atoms with van der Waals surface area (Å²) in [6.07, 6.45) is 1.98. The maximum atomic E-state index is 4.94. The number of fused-ring (bicyclic) bond motifs is 3. The van der Waals surface area contributed by atoms with Crippen molar-refractivity contribution in [3.8, 4) is 27.9 Å². The molecule has 0 saturated heterocycles. The number of para-hydroxylation sites is 1. The third kappa shape index (κ3) is 3.22. The Morgan fingerprint density at radius 2 is 1.15 bits per heavy atom. The van der Waals surface area contributed by atoms with E-state index in [-0.39, 0.29) is 0 Å². The minimum absolute atomic E-state index is 1.01. The van der Waals surface area contributed by atoms with E-state index < -0.39 is 0 Å². The molecule has 0 aliphatic carbocycles. The molecule has 0 aliphatic heterocycles. The number of hydrogen-bond acceptors (Lipinski definition) is 1. The summed E-state index contributed by atoms with van der Waals surface area (Å²) in [5.74, 6) is 0. The quantitative estimate of drug-likeness (QED) is 0.167. The van der Waals surface area contributed by atoms with Crippen LogP contribution < -0.4 is 0 Å². The van der Waals surface area contributed by atoms with Crippen molar-refractivity contribution in [2.75, 3.05) is 0 Å². The zero-order valence-electron chi connectivity index (χ0n) is 22.3. The van der Waals surface area contributed by atoms with Crippen LogP contribution in [-0.2, 0) is 0 Å². The molecule has 0 spiro atoms. The van der Waals surface area contributed by atoms with Gasteiger partial charge in [0.05, 0.1) is 16.7 Å². The number of rotatable bonds is 3. The second kappa shape index (κ2) is 8.51. The summed E-state index contributed by atoms with van der Waals surface area (Å²) < 4.78 is 2.25. The molecule has 0 saturated carbocycles. The van der Waals surface area contributed by atoms with Crippen molar-refractivity contribution in [3.63, 3.8) is 0 Å². The van der Waals surface area contributed by atoms with Gasteiger partial charge in [0.25, 0.3) is 0 Å². The van der Waals surface area contributed by atoms with E-state index in [1.807, 2.05) is 6.33 Å². The van der Waals surface area contributed by atoms with Crippen LogP contribution in [0.15, 0.2) is 146 Å². The monoisotopic (exact) mass is 520 g/mol. The first-order valence-electron chi connectivity index (χ1n) is 14.1. The van der Waals surface area contributed by atoms with Gasteiger partial charge in [-0.05, 0) is 78.7 Å². The minimum Gasteiger partial charge on any atom is -0.298 e. The van der Waals surface area contributed by atoms with E-state index in [0.717, 1.165) is 22.3 Å². The molecule has 1 heterocycles. The third-order valence-corrected chi connectivity index (χ3v) is 8.60. The SMILES string of the molecule is c1ccc(-c2cc3cc4c(-n5cnc6c(-c7ccccc7)cccc65)cccc4c4ccc5cccc2c5c34)cc1. The molecule has 0 unspecified atom stereocenters. The van der Waals surface area contributed by atoms with Crippen molar-refractivity contribution in [2.24, 2.45) is 0 Å². The average Bonchev–Trinajstić information content (AvgIpc) is 3.48. The van der Waals surface area contributed by atoms with Crippen molar-refractivity contribution in [1.29, 1.82) is 0 Å². The first-order chi connectivity index (χ1) is 20.3. The highest BCUT2D eigenvalue weighted by molar-refractivity contribution is 6.31. The van der Waals surface area contributed by atoms with Crippen molar-refractivity contribution < 1.29 is 0 Å². The molecule has 0 atom stereocenters. The highest BCUT2D eigenvalue weighted by Gasteiger charge is 2.17. The minimum atomic E-state index is 1.01. The Balaban J connectivity index is 1.37. The molecule has 0 bridgehead atoms. The van der Waals surface area contributed by atoms with Gasteiger partial charge in [-0.25, -0.2) is 4.98 Å². The van der Waals surface area contributed by atoms with Crippen LogP contribution in [0.25, 0.3) is 82.1 Å². The van der Waals surface area contributed by atoms with Crippen molar-refractivity contribution >= 4 is 54.1 Å². The lowest BCUT2D eigenvalue weighted by Gasteiger charge is -2.18. The molecule has 1 aromatic heterocycles. The van der Waals surface area contributed by atoms with Gasteiger partial charge in [-0.2, -0.15) is 0 Å². The largest absolute Gasteiger partial charge is 0.298 e. The Labute approximate surface area is 237 Å². The summed E-state index contributed by atoms with van der Waals surface area (Å²) in [6.45, 7) is 0. The molecule has 0 N–H and O–H groups in total. The fourth-order valence-corrected chi connectivity index (χ4v) is 6.79. The Bertz CT molecular complexity index is 2400. The summed E-state index contributed by atoms with van der Waals surface area (Å²) in [6, 6.07) is 50.4. The molecular formula is C39H24N2. The van der Waals surface area contributed by atoms with E-state index in [1.165, 1.54) is 59.8 Å². The van der Waals surface area contributed by atoms with Crippen molar-refractivity contribution in [3.05, 3.63) is 146 Å². The first kappa shape index (κ1) is 22.4. The fraction of sp³-hybridized carbons (Fsp3) is 0. The van der Waals surface area contributed by atoms with Crippen LogP contribution in [-0.4, -0.2) is 9.55 Å². The van der Waals surface area contributed by atoms with Crippen LogP contribution in [0.4, 0.5) is 0 Å². The molecule has 0 fully saturated rings. The number of hydrogen-bond donors (Lipinski definition) is 0. The summed E-state index contributed by atoms with van der Waals surface area (Å²) in [7, 11) is 0. The van der Waals surface area contributed by atoms with Gasteiger partial charge in [0.1, 0.15) is 6.33 Å². The fourth-order valence-electron chi connectivity index (χ4n) is 6.79. The standard InChI is InChI=1S/C39H24N2/c1-3-10-25(11-4-1)29-15-8-19-36-39(29)40-24-41(36)35-18-9-16-30-32-21-20-27-14-7-17-31-33(26-12-5-2-6-13-26)22-28(23-34(30)35)38(32)37(27)31/h1-24H. The molecule has 190 valence electrons.